The zero-order chi connectivity index (χ0) is 32.6. The van der Waals surface area contributed by atoms with Crippen LogP contribution in [-0.2, 0) is 9.59 Å². The van der Waals surface area contributed by atoms with E-state index in [9.17, 15) is 9.59 Å². The molecule has 0 saturated heterocycles. The molecule has 0 aliphatic rings. The molecule has 0 heterocycles. The molecule has 0 aliphatic carbocycles. The van der Waals surface area contributed by atoms with Gasteiger partial charge in [-0.25, -0.2) is 0 Å². The second-order valence-electron chi connectivity index (χ2n) is 14.8. The summed E-state index contributed by atoms with van der Waals surface area (Å²) in [6, 6.07) is 0. The van der Waals surface area contributed by atoms with Crippen LogP contribution < -0.4 is 6.15 Å². The Balaban J connectivity index is 0. The van der Waals surface area contributed by atoms with Crippen LogP contribution >= 0.6 is 0 Å². The lowest BCUT2D eigenvalue weighted by Gasteiger charge is -2.29. The van der Waals surface area contributed by atoms with Crippen molar-refractivity contribution in [2.24, 2.45) is 11.3 Å². The number of carbonyl (C=O) groups is 2. The van der Waals surface area contributed by atoms with Gasteiger partial charge in [-0.15, -0.1) is 0 Å². The number of hydrogen-bond acceptors (Lipinski definition) is 3. The zero-order valence-electron chi connectivity index (χ0n) is 31.4. The summed E-state index contributed by atoms with van der Waals surface area (Å²) in [5.41, 5.74) is -0.142. The molecule has 0 aromatic rings. The lowest BCUT2D eigenvalue weighted by Crippen LogP contribution is -2.30. The molecule has 3 heteroatoms. The van der Waals surface area contributed by atoms with Gasteiger partial charge in [-0.05, 0) is 69.6 Å². The van der Waals surface area contributed by atoms with Crippen molar-refractivity contribution in [3.63, 3.8) is 0 Å². The molecule has 0 spiro atoms. The van der Waals surface area contributed by atoms with Gasteiger partial charge in [-0.2, -0.15) is 0 Å². The first-order chi connectivity index (χ1) is 21.3. The Kier molecular flexibility index (Phi) is 34.8. The van der Waals surface area contributed by atoms with Crippen LogP contribution in [0, 0.1) is 11.3 Å². The minimum Gasteiger partial charge on any atom is -0.344 e. The average molecular weight is 632 g/mol. The molecule has 0 fully saturated rings. The standard InChI is InChI=1S/C42H78O2.H3N/c1-6-8-10-12-14-16-18-20-22-24-26-28-30-32-34-36-39(43)38-40(42(3,4)5)41(44)37-35-33-31-29-27-25-23-21-19-17-15-13-11-9-7-2;/h20-23,40H,6-19,24-38H2,1-5H3;1H3/b22-20-,23-21-;. The molecule has 0 saturated carbocycles. The molecular weight excluding hydrogens is 550 g/mol. The Morgan fingerprint density at radius 2 is 0.778 bits per heavy atom. The molecule has 0 aromatic carbocycles. The van der Waals surface area contributed by atoms with Gasteiger partial charge in [0.1, 0.15) is 11.6 Å². The van der Waals surface area contributed by atoms with Crippen molar-refractivity contribution in [2.75, 3.05) is 0 Å². The molecule has 0 radical (unpaired) electrons. The molecule has 0 rings (SSSR count). The van der Waals surface area contributed by atoms with Gasteiger partial charge in [0.25, 0.3) is 0 Å². The van der Waals surface area contributed by atoms with Gasteiger partial charge in [-0.3, -0.25) is 9.59 Å². The first-order valence-electron chi connectivity index (χ1n) is 19.7. The van der Waals surface area contributed by atoms with Crippen LogP contribution in [0.4, 0.5) is 0 Å². The predicted molar refractivity (Wildman–Crippen MR) is 202 cm³/mol. The van der Waals surface area contributed by atoms with Gasteiger partial charge in [0.2, 0.25) is 0 Å². The number of carbonyl (C=O) groups excluding carboxylic acids is 2. The number of Topliss-reactive ketones (excluding diaryl/α,β-unsaturated/α-hetero) is 2. The van der Waals surface area contributed by atoms with Crippen LogP contribution in [0.2, 0.25) is 0 Å². The van der Waals surface area contributed by atoms with E-state index in [2.05, 4.69) is 58.9 Å². The van der Waals surface area contributed by atoms with E-state index in [1.807, 2.05) is 0 Å². The van der Waals surface area contributed by atoms with Crippen LogP contribution in [0.15, 0.2) is 24.3 Å². The lowest BCUT2D eigenvalue weighted by atomic mass is 9.74. The molecule has 0 aliphatic heterocycles. The summed E-state index contributed by atoms with van der Waals surface area (Å²) in [6.45, 7) is 10.9. The third-order valence-electron chi connectivity index (χ3n) is 9.27. The number of rotatable bonds is 33. The highest BCUT2D eigenvalue weighted by atomic mass is 16.1. The molecule has 3 nitrogen and oxygen atoms in total. The highest BCUT2D eigenvalue weighted by molar-refractivity contribution is 5.88. The Hall–Kier alpha value is -1.22. The molecular formula is C42H81NO2. The maximum absolute atomic E-state index is 13.1. The second-order valence-corrected chi connectivity index (χ2v) is 14.8. The fraction of sp³-hybridized carbons (Fsp3) is 0.857. The summed E-state index contributed by atoms with van der Waals surface area (Å²) in [7, 11) is 0. The van der Waals surface area contributed by atoms with E-state index in [0.29, 0.717) is 30.8 Å². The molecule has 0 aromatic heterocycles. The Labute approximate surface area is 283 Å². The van der Waals surface area contributed by atoms with Crippen molar-refractivity contribution in [3.05, 3.63) is 24.3 Å². The van der Waals surface area contributed by atoms with Crippen LogP contribution in [0.3, 0.4) is 0 Å². The van der Waals surface area contributed by atoms with Crippen molar-refractivity contribution < 1.29 is 9.59 Å². The molecule has 3 N–H and O–H groups in total. The SMILES string of the molecule is CCCCCCCC/C=C\CCCCCCCC(=O)CC(C(=O)CCCCCCC/C=C\CCCCCCCC)C(C)(C)C.N. The van der Waals surface area contributed by atoms with Crippen molar-refractivity contribution in [1.82, 2.24) is 6.15 Å². The van der Waals surface area contributed by atoms with Crippen molar-refractivity contribution in [1.29, 1.82) is 0 Å². The largest absolute Gasteiger partial charge is 0.344 e. The monoisotopic (exact) mass is 632 g/mol. The van der Waals surface area contributed by atoms with E-state index in [1.165, 1.54) is 141 Å². The second kappa shape index (κ2) is 34.1. The summed E-state index contributed by atoms with van der Waals surface area (Å²) in [6.07, 6.45) is 44.3. The van der Waals surface area contributed by atoms with Gasteiger partial charge in [-0.1, -0.05) is 162 Å². The quantitative estimate of drug-likeness (QED) is 0.0578. The number of unbranched alkanes of at least 4 members (excludes halogenated alkanes) is 22. The highest BCUT2D eigenvalue weighted by Gasteiger charge is 2.32. The predicted octanol–water partition coefficient (Wildman–Crippen LogP) is 14.4. The van der Waals surface area contributed by atoms with Crippen molar-refractivity contribution in [2.45, 2.75) is 221 Å². The van der Waals surface area contributed by atoms with Gasteiger partial charge < -0.3 is 6.15 Å². The first-order valence-corrected chi connectivity index (χ1v) is 19.7. The Morgan fingerprint density at radius 3 is 1.13 bits per heavy atom. The summed E-state index contributed by atoms with van der Waals surface area (Å²) in [5, 5.41) is 0. The third-order valence-corrected chi connectivity index (χ3v) is 9.27. The van der Waals surface area contributed by atoms with Crippen LogP contribution in [-0.4, -0.2) is 11.6 Å². The van der Waals surface area contributed by atoms with Gasteiger partial charge in [0.15, 0.2) is 0 Å². The van der Waals surface area contributed by atoms with Crippen LogP contribution in [0.5, 0.6) is 0 Å². The minimum absolute atomic E-state index is 0. The topological polar surface area (TPSA) is 69.1 Å². The van der Waals surface area contributed by atoms with Crippen LogP contribution in [0.1, 0.15) is 221 Å². The van der Waals surface area contributed by atoms with Gasteiger partial charge in [0, 0.05) is 25.2 Å². The van der Waals surface area contributed by atoms with E-state index in [1.54, 1.807) is 0 Å². The third kappa shape index (κ3) is 32.5. The molecule has 1 atom stereocenters. The molecule has 1 unspecified atom stereocenters. The van der Waals surface area contributed by atoms with E-state index in [-0.39, 0.29) is 17.5 Å². The fourth-order valence-corrected chi connectivity index (χ4v) is 6.17. The van der Waals surface area contributed by atoms with Crippen molar-refractivity contribution >= 4 is 11.6 Å². The maximum atomic E-state index is 13.1. The Bertz CT molecular complexity index is 702. The van der Waals surface area contributed by atoms with E-state index in [4.69, 9.17) is 0 Å². The van der Waals surface area contributed by atoms with Crippen molar-refractivity contribution in [3.8, 4) is 0 Å². The number of ketones is 2. The van der Waals surface area contributed by atoms with E-state index < -0.39 is 0 Å². The smallest absolute Gasteiger partial charge is 0.136 e. The summed E-state index contributed by atoms with van der Waals surface area (Å²) < 4.78 is 0. The zero-order valence-corrected chi connectivity index (χ0v) is 31.4. The maximum Gasteiger partial charge on any atom is 0.136 e. The number of allylic oxidation sites excluding steroid dienone is 4. The normalized spacial score (nSPS) is 12.6. The lowest BCUT2D eigenvalue weighted by molar-refractivity contribution is -0.131. The Morgan fingerprint density at radius 1 is 0.467 bits per heavy atom. The average Bonchev–Trinajstić information content (AvgIpc) is 2.99. The summed E-state index contributed by atoms with van der Waals surface area (Å²) in [5.74, 6) is 0.475. The van der Waals surface area contributed by atoms with Gasteiger partial charge in [0.05, 0.1) is 0 Å². The van der Waals surface area contributed by atoms with Gasteiger partial charge >= 0.3 is 0 Å². The molecule has 45 heavy (non-hydrogen) atoms. The van der Waals surface area contributed by atoms with E-state index in [0.717, 1.165) is 25.7 Å². The number of hydrogen-bond donors (Lipinski definition) is 1. The van der Waals surface area contributed by atoms with Crippen LogP contribution in [0.25, 0.3) is 0 Å². The highest BCUT2D eigenvalue weighted by Crippen LogP contribution is 2.32. The molecule has 0 amide bonds. The van der Waals surface area contributed by atoms with E-state index >= 15 is 0 Å². The fourth-order valence-electron chi connectivity index (χ4n) is 6.17. The first kappa shape index (κ1) is 45.9. The minimum atomic E-state index is -0.142. The summed E-state index contributed by atoms with van der Waals surface area (Å²) >= 11 is 0. The summed E-state index contributed by atoms with van der Waals surface area (Å²) in [4.78, 5) is 25.9. The molecule has 0 bridgehead atoms. The molecule has 266 valence electrons.